The van der Waals surface area contributed by atoms with Gasteiger partial charge in [-0.25, -0.2) is 0 Å². The van der Waals surface area contributed by atoms with Crippen molar-refractivity contribution in [3.8, 4) is 0 Å². The fraction of sp³-hybridized carbons (Fsp3) is 0.381. The number of benzene rings is 2. The summed E-state index contributed by atoms with van der Waals surface area (Å²) in [5.41, 5.74) is 5.33. The first-order valence-corrected chi connectivity index (χ1v) is 10.4. The van der Waals surface area contributed by atoms with Crippen molar-refractivity contribution in [3.63, 3.8) is 0 Å². The van der Waals surface area contributed by atoms with E-state index in [0.717, 1.165) is 10.8 Å². The van der Waals surface area contributed by atoms with Gasteiger partial charge in [0.25, 0.3) is 0 Å². The zero-order valence-electron chi connectivity index (χ0n) is 14.6. The van der Waals surface area contributed by atoms with Crippen molar-refractivity contribution in [1.29, 1.82) is 0 Å². The summed E-state index contributed by atoms with van der Waals surface area (Å²) in [5, 5.41) is 3.86. The van der Waals surface area contributed by atoms with E-state index in [4.69, 9.17) is 11.6 Å². The predicted molar refractivity (Wildman–Crippen MR) is 107 cm³/mol. The first kappa shape index (κ1) is 18.3. The molecule has 1 atom stereocenters. The van der Waals surface area contributed by atoms with Crippen LogP contribution in [0, 0.1) is 0 Å². The van der Waals surface area contributed by atoms with Crippen molar-refractivity contribution in [3.05, 3.63) is 69.7 Å². The van der Waals surface area contributed by atoms with Gasteiger partial charge in [0, 0.05) is 10.8 Å². The smallest absolute Gasteiger partial charge is 0.230 e. The average molecular weight is 374 g/mol. The summed E-state index contributed by atoms with van der Waals surface area (Å²) >= 11 is 7.51. The molecule has 2 nitrogen and oxygen atoms in total. The lowest BCUT2D eigenvalue weighted by Crippen LogP contribution is -2.28. The Labute approximate surface area is 159 Å². The summed E-state index contributed by atoms with van der Waals surface area (Å²) < 4.78 is 0. The Balaban J connectivity index is 1.48. The molecule has 2 aromatic rings. The molecule has 0 spiro atoms. The van der Waals surface area contributed by atoms with Crippen LogP contribution in [0.2, 0.25) is 5.02 Å². The van der Waals surface area contributed by atoms with Gasteiger partial charge in [-0.15, -0.1) is 11.8 Å². The van der Waals surface area contributed by atoms with Crippen LogP contribution in [0.4, 0.5) is 0 Å². The van der Waals surface area contributed by atoms with Crippen molar-refractivity contribution < 1.29 is 4.79 Å². The van der Waals surface area contributed by atoms with Crippen LogP contribution in [-0.2, 0) is 23.4 Å². The van der Waals surface area contributed by atoms with E-state index in [0.29, 0.717) is 5.75 Å². The van der Waals surface area contributed by atoms with Gasteiger partial charge < -0.3 is 5.32 Å². The third kappa shape index (κ3) is 5.26. The maximum absolute atomic E-state index is 12.2. The molecule has 0 radical (unpaired) electrons. The Hall–Kier alpha value is -1.45. The number of hydrogen-bond donors (Lipinski definition) is 1. The quantitative estimate of drug-likeness (QED) is 0.741. The maximum Gasteiger partial charge on any atom is 0.230 e. The molecule has 0 bridgehead atoms. The summed E-state index contributed by atoms with van der Waals surface area (Å²) in [4.78, 5) is 12.2. The van der Waals surface area contributed by atoms with Crippen molar-refractivity contribution in [2.75, 3.05) is 5.75 Å². The Morgan fingerprint density at radius 3 is 2.60 bits per heavy atom. The topological polar surface area (TPSA) is 29.1 Å². The average Bonchev–Trinajstić information content (AvgIpc) is 2.63. The lowest BCUT2D eigenvalue weighted by molar-refractivity contribution is -0.119. The largest absolute Gasteiger partial charge is 0.349 e. The molecule has 132 valence electrons. The molecule has 0 saturated carbocycles. The molecule has 2 aromatic carbocycles. The van der Waals surface area contributed by atoms with Crippen LogP contribution < -0.4 is 5.32 Å². The van der Waals surface area contributed by atoms with E-state index in [-0.39, 0.29) is 11.9 Å². The summed E-state index contributed by atoms with van der Waals surface area (Å²) in [7, 11) is 0. The van der Waals surface area contributed by atoms with Crippen molar-refractivity contribution in [2.24, 2.45) is 0 Å². The van der Waals surface area contributed by atoms with Gasteiger partial charge in [-0.3, -0.25) is 4.79 Å². The number of fused-ring (bicyclic) bond motifs is 1. The number of nitrogens with one attached hydrogen (secondary N) is 1. The van der Waals surface area contributed by atoms with Gasteiger partial charge in [0.05, 0.1) is 11.8 Å². The minimum absolute atomic E-state index is 0.0517. The molecule has 1 N–H and O–H groups in total. The standard InChI is InChI=1S/C21H24ClNOS/c1-15(18-9-8-17-4-2-3-5-19(17)12-18)23-21(24)14-25-13-16-6-10-20(22)11-7-16/h6-12,15H,2-5,13-14H2,1H3,(H,23,24)/t15-/m1/s1. The number of halogens is 1. The van der Waals surface area contributed by atoms with Crippen molar-refractivity contribution in [1.82, 2.24) is 5.32 Å². The van der Waals surface area contributed by atoms with Crippen LogP contribution >= 0.6 is 23.4 Å². The van der Waals surface area contributed by atoms with E-state index in [2.05, 4.69) is 30.4 Å². The number of hydrogen-bond acceptors (Lipinski definition) is 2. The van der Waals surface area contributed by atoms with Gasteiger partial charge in [-0.2, -0.15) is 0 Å². The van der Waals surface area contributed by atoms with Gasteiger partial charge in [0.2, 0.25) is 5.91 Å². The number of amides is 1. The number of aryl methyl sites for hydroxylation is 2. The van der Waals surface area contributed by atoms with Gasteiger partial charge in [-0.1, -0.05) is 41.9 Å². The lowest BCUT2D eigenvalue weighted by Gasteiger charge is -2.20. The third-order valence-corrected chi connectivity index (χ3v) is 5.92. The molecule has 0 unspecified atom stereocenters. The fourth-order valence-electron chi connectivity index (χ4n) is 3.23. The second-order valence-electron chi connectivity index (χ2n) is 6.64. The normalized spacial score (nSPS) is 14.6. The molecule has 1 aliphatic carbocycles. The molecular formula is C21H24ClNOS. The molecule has 0 fully saturated rings. The molecule has 0 aromatic heterocycles. The van der Waals surface area contributed by atoms with E-state index >= 15 is 0 Å². The van der Waals surface area contributed by atoms with Crippen LogP contribution in [0.15, 0.2) is 42.5 Å². The highest BCUT2D eigenvalue weighted by molar-refractivity contribution is 7.99. The second kappa shape index (κ2) is 8.77. The van der Waals surface area contributed by atoms with Crippen molar-refractivity contribution in [2.45, 2.75) is 44.4 Å². The van der Waals surface area contributed by atoms with Crippen LogP contribution in [0.5, 0.6) is 0 Å². The van der Waals surface area contributed by atoms with Crippen LogP contribution in [0.1, 0.15) is 48.1 Å². The van der Waals surface area contributed by atoms with Crippen LogP contribution in [0.25, 0.3) is 0 Å². The van der Waals surface area contributed by atoms with E-state index in [1.54, 1.807) is 11.8 Å². The Morgan fingerprint density at radius 2 is 1.84 bits per heavy atom. The summed E-state index contributed by atoms with van der Waals surface area (Å²) in [5.74, 6) is 1.37. The maximum atomic E-state index is 12.2. The van der Waals surface area contributed by atoms with Gasteiger partial charge >= 0.3 is 0 Å². The van der Waals surface area contributed by atoms with Gasteiger partial charge in [0.15, 0.2) is 0 Å². The van der Waals surface area contributed by atoms with E-state index in [1.807, 2.05) is 24.3 Å². The van der Waals surface area contributed by atoms with Crippen LogP contribution in [0.3, 0.4) is 0 Å². The third-order valence-electron chi connectivity index (χ3n) is 4.67. The minimum Gasteiger partial charge on any atom is -0.349 e. The molecule has 0 aliphatic heterocycles. The first-order valence-electron chi connectivity index (χ1n) is 8.85. The minimum atomic E-state index is 0.0517. The van der Waals surface area contributed by atoms with Crippen LogP contribution in [-0.4, -0.2) is 11.7 Å². The molecule has 4 heteroatoms. The number of carbonyl (C=O) groups excluding carboxylic acids is 1. The first-order chi connectivity index (χ1) is 12.1. The molecule has 0 saturated heterocycles. The summed E-state index contributed by atoms with van der Waals surface area (Å²) in [6, 6.07) is 14.5. The molecule has 1 aliphatic rings. The monoisotopic (exact) mass is 373 g/mol. The number of rotatable bonds is 6. The summed E-state index contributed by atoms with van der Waals surface area (Å²) in [6.07, 6.45) is 4.93. The Kier molecular flexibility index (Phi) is 6.44. The van der Waals surface area contributed by atoms with E-state index < -0.39 is 0 Å². The number of carbonyl (C=O) groups is 1. The highest BCUT2D eigenvalue weighted by Crippen LogP contribution is 2.25. The van der Waals surface area contributed by atoms with E-state index in [9.17, 15) is 4.79 Å². The van der Waals surface area contributed by atoms with Crippen molar-refractivity contribution >= 4 is 29.3 Å². The zero-order valence-corrected chi connectivity index (χ0v) is 16.1. The molecule has 1 amide bonds. The molecular weight excluding hydrogens is 350 g/mol. The highest BCUT2D eigenvalue weighted by Gasteiger charge is 2.14. The van der Waals surface area contributed by atoms with Gasteiger partial charge in [0.1, 0.15) is 0 Å². The molecule has 25 heavy (non-hydrogen) atoms. The van der Waals surface area contributed by atoms with E-state index in [1.165, 1.54) is 47.9 Å². The Bertz CT molecular complexity index is 729. The fourth-order valence-corrected chi connectivity index (χ4v) is 4.16. The SMILES string of the molecule is C[C@@H](NC(=O)CSCc1ccc(Cl)cc1)c1ccc2c(c1)CCCC2. The molecule has 0 heterocycles. The molecule has 3 rings (SSSR count). The zero-order chi connectivity index (χ0) is 17.6. The number of thioether (sulfide) groups is 1. The lowest BCUT2D eigenvalue weighted by atomic mass is 9.89. The Morgan fingerprint density at radius 1 is 1.12 bits per heavy atom. The second-order valence-corrected chi connectivity index (χ2v) is 8.07. The highest BCUT2D eigenvalue weighted by atomic mass is 35.5. The predicted octanol–water partition coefficient (Wildman–Crippen LogP) is 5.33. The summed E-state index contributed by atoms with van der Waals surface area (Å²) in [6.45, 7) is 2.06. The van der Waals surface area contributed by atoms with Gasteiger partial charge in [-0.05, 0) is 67.0 Å².